The van der Waals surface area contributed by atoms with Crippen LogP contribution in [0.1, 0.15) is 12.0 Å². The summed E-state index contributed by atoms with van der Waals surface area (Å²) in [5.41, 5.74) is 1.74. The number of nitrogens with one attached hydrogen (secondary N) is 2. The first kappa shape index (κ1) is 21.1. The highest BCUT2D eigenvalue weighted by Crippen LogP contribution is 2.26. The number of sulfonamides is 1. The first-order valence-electron chi connectivity index (χ1n) is 10.7. The molecule has 0 spiro atoms. The summed E-state index contributed by atoms with van der Waals surface area (Å²) in [6.45, 7) is 3.09. The molecule has 1 aromatic carbocycles. The first-order chi connectivity index (χ1) is 16.0. The zero-order valence-corrected chi connectivity index (χ0v) is 18.6. The predicted octanol–water partition coefficient (Wildman–Crippen LogP) is 1.88. The van der Waals surface area contributed by atoms with Crippen LogP contribution in [-0.4, -0.2) is 55.5 Å². The van der Waals surface area contributed by atoms with E-state index in [1.54, 1.807) is 18.3 Å². The molecule has 11 heteroatoms. The maximum Gasteiger partial charge on any atom is 0.262 e. The largest absolute Gasteiger partial charge is 0.353 e. The van der Waals surface area contributed by atoms with E-state index in [0.717, 1.165) is 37.6 Å². The normalized spacial score (nSPS) is 16.2. The van der Waals surface area contributed by atoms with Gasteiger partial charge in [0, 0.05) is 44.5 Å². The molecular formula is C22H23N7O3S. The predicted molar refractivity (Wildman–Crippen MR) is 125 cm³/mol. The van der Waals surface area contributed by atoms with Crippen molar-refractivity contribution in [3.8, 4) is 0 Å². The van der Waals surface area contributed by atoms with Gasteiger partial charge in [-0.05, 0) is 42.3 Å². The monoisotopic (exact) mass is 465 g/mol. The third-order valence-corrected chi connectivity index (χ3v) is 7.09. The van der Waals surface area contributed by atoms with Crippen molar-refractivity contribution in [2.75, 3.05) is 46.0 Å². The van der Waals surface area contributed by atoms with Crippen molar-refractivity contribution in [3.05, 3.63) is 60.6 Å². The van der Waals surface area contributed by atoms with Crippen LogP contribution >= 0.6 is 0 Å². The van der Waals surface area contributed by atoms with Crippen molar-refractivity contribution >= 4 is 39.1 Å². The molecule has 0 radical (unpaired) electrons. The average Bonchev–Trinajstić information content (AvgIpc) is 2.84. The van der Waals surface area contributed by atoms with Gasteiger partial charge in [0.2, 0.25) is 11.9 Å². The van der Waals surface area contributed by atoms with Gasteiger partial charge in [0.1, 0.15) is 5.82 Å². The molecule has 0 saturated carbocycles. The van der Waals surface area contributed by atoms with Crippen molar-refractivity contribution in [3.63, 3.8) is 0 Å². The van der Waals surface area contributed by atoms with Crippen LogP contribution in [0.4, 0.5) is 23.1 Å². The molecule has 0 aliphatic carbocycles. The molecule has 10 nitrogen and oxygen atoms in total. The van der Waals surface area contributed by atoms with Crippen molar-refractivity contribution in [2.24, 2.45) is 0 Å². The van der Waals surface area contributed by atoms with E-state index in [4.69, 9.17) is 0 Å². The van der Waals surface area contributed by atoms with Crippen LogP contribution in [-0.2, 0) is 21.2 Å². The first-order valence-corrected chi connectivity index (χ1v) is 12.1. The van der Waals surface area contributed by atoms with Crippen molar-refractivity contribution < 1.29 is 13.2 Å². The number of piperazine rings is 1. The van der Waals surface area contributed by atoms with Gasteiger partial charge in [-0.1, -0.05) is 6.07 Å². The smallest absolute Gasteiger partial charge is 0.262 e. The van der Waals surface area contributed by atoms with Crippen LogP contribution in [0, 0.1) is 0 Å². The summed E-state index contributed by atoms with van der Waals surface area (Å²) in [6, 6.07) is 10.5. The Morgan fingerprint density at radius 2 is 1.67 bits per heavy atom. The van der Waals surface area contributed by atoms with Crippen molar-refractivity contribution in [1.82, 2.24) is 15.0 Å². The highest BCUT2D eigenvalue weighted by molar-refractivity contribution is 7.92. The zero-order chi connectivity index (χ0) is 22.8. The molecule has 1 amide bonds. The van der Waals surface area contributed by atoms with Crippen LogP contribution in [0.25, 0.3) is 0 Å². The second kappa shape index (κ2) is 8.66. The van der Waals surface area contributed by atoms with E-state index < -0.39 is 10.0 Å². The van der Waals surface area contributed by atoms with Gasteiger partial charge >= 0.3 is 0 Å². The number of fused-ring (bicyclic) bond motifs is 1. The average molecular weight is 466 g/mol. The lowest BCUT2D eigenvalue weighted by molar-refractivity contribution is -0.116. The lowest BCUT2D eigenvalue weighted by Crippen LogP contribution is -2.47. The Morgan fingerprint density at radius 3 is 2.39 bits per heavy atom. The third kappa shape index (κ3) is 4.58. The van der Waals surface area contributed by atoms with Gasteiger partial charge in [-0.2, -0.15) is 0 Å². The Hall–Kier alpha value is -3.73. The number of anilines is 4. The fourth-order valence-electron chi connectivity index (χ4n) is 3.95. The highest BCUT2D eigenvalue weighted by Gasteiger charge is 2.22. The molecule has 2 aromatic heterocycles. The maximum atomic E-state index is 12.8. The third-order valence-electron chi connectivity index (χ3n) is 5.71. The fraction of sp³-hybridized carbons (Fsp3) is 0.273. The van der Waals surface area contributed by atoms with Gasteiger partial charge in [-0.3, -0.25) is 9.52 Å². The Kier molecular flexibility index (Phi) is 5.55. The van der Waals surface area contributed by atoms with Gasteiger partial charge in [0.05, 0.1) is 23.0 Å². The SMILES string of the molecule is O=C1CCc2cc(S(=O)(=O)Nc3cnc(N4CCN(c5ccccn5)CC4)nc3)ccc2N1. The molecule has 33 heavy (non-hydrogen) atoms. The Morgan fingerprint density at radius 1 is 0.909 bits per heavy atom. The molecule has 0 bridgehead atoms. The Labute approximate surface area is 191 Å². The molecule has 2 aliphatic heterocycles. The van der Waals surface area contributed by atoms with E-state index in [1.165, 1.54) is 18.5 Å². The summed E-state index contributed by atoms with van der Waals surface area (Å²) in [5.74, 6) is 1.45. The van der Waals surface area contributed by atoms with Gasteiger partial charge in [0.15, 0.2) is 0 Å². The minimum Gasteiger partial charge on any atom is -0.353 e. The number of amides is 1. The quantitative estimate of drug-likeness (QED) is 0.586. The molecule has 0 atom stereocenters. The van der Waals surface area contributed by atoms with E-state index >= 15 is 0 Å². The second-order valence-electron chi connectivity index (χ2n) is 7.91. The van der Waals surface area contributed by atoms with Crippen LogP contribution in [0.2, 0.25) is 0 Å². The number of rotatable bonds is 5. The number of benzene rings is 1. The van der Waals surface area contributed by atoms with Crippen LogP contribution in [0.15, 0.2) is 59.9 Å². The van der Waals surface area contributed by atoms with Crippen molar-refractivity contribution in [2.45, 2.75) is 17.7 Å². The highest BCUT2D eigenvalue weighted by atomic mass is 32.2. The van der Waals surface area contributed by atoms with E-state index in [0.29, 0.717) is 24.5 Å². The minimum atomic E-state index is -3.81. The van der Waals surface area contributed by atoms with Crippen LogP contribution in [0.5, 0.6) is 0 Å². The molecule has 4 heterocycles. The summed E-state index contributed by atoms with van der Waals surface area (Å²) in [5, 5.41) is 2.75. The summed E-state index contributed by atoms with van der Waals surface area (Å²) in [4.78, 5) is 29.0. The van der Waals surface area contributed by atoms with Gasteiger partial charge in [-0.15, -0.1) is 0 Å². The summed E-state index contributed by atoms with van der Waals surface area (Å²) in [7, 11) is -3.81. The molecule has 2 aliphatic rings. The minimum absolute atomic E-state index is 0.0633. The molecule has 3 aromatic rings. The lowest BCUT2D eigenvalue weighted by Gasteiger charge is -2.35. The topological polar surface area (TPSA) is 120 Å². The number of carbonyl (C=O) groups excluding carboxylic acids is 1. The lowest BCUT2D eigenvalue weighted by atomic mass is 10.0. The molecule has 2 N–H and O–H groups in total. The standard InChI is InChI=1S/C22H23N7O3S/c30-21-7-4-16-13-18(5-6-19(16)26-21)33(31,32)27-17-14-24-22(25-15-17)29-11-9-28(10-12-29)20-3-1-2-8-23-20/h1-3,5-6,8,13-15,27H,4,7,9-12H2,(H,26,30). The number of pyridine rings is 1. The van der Waals surface area contributed by atoms with E-state index in [1.807, 2.05) is 18.2 Å². The Bertz CT molecular complexity index is 1260. The van der Waals surface area contributed by atoms with Crippen molar-refractivity contribution in [1.29, 1.82) is 0 Å². The molecule has 0 unspecified atom stereocenters. The number of aryl methyl sites for hydroxylation is 1. The van der Waals surface area contributed by atoms with Crippen LogP contribution in [0.3, 0.4) is 0 Å². The van der Waals surface area contributed by atoms with E-state index in [9.17, 15) is 13.2 Å². The number of hydrogen-bond donors (Lipinski definition) is 2. The van der Waals surface area contributed by atoms with Gasteiger partial charge in [-0.25, -0.2) is 23.4 Å². The fourth-order valence-corrected chi connectivity index (χ4v) is 5.03. The zero-order valence-electron chi connectivity index (χ0n) is 17.8. The Balaban J connectivity index is 1.23. The number of hydrogen-bond acceptors (Lipinski definition) is 8. The van der Waals surface area contributed by atoms with E-state index in [2.05, 4.69) is 34.8 Å². The maximum absolute atomic E-state index is 12.8. The van der Waals surface area contributed by atoms with Gasteiger partial charge in [0.25, 0.3) is 10.0 Å². The summed E-state index contributed by atoms with van der Waals surface area (Å²) in [6.07, 6.45) is 5.59. The molecule has 1 saturated heterocycles. The summed E-state index contributed by atoms with van der Waals surface area (Å²) >= 11 is 0. The number of aromatic nitrogens is 3. The van der Waals surface area contributed by atoms with Gasteiger partial charge < -0.3 is 15.1 Å². The van der Waals surface area contributed by atoms with Crippen LogP contribution < -0.4 is 19.8 Å². The summed E-state index contributed by atoms with van der Waals surface area (Å²) < 4.78 is 28.2. The second-order valence-corrected chi connectivity index (χ2v) is 9.59. The number of nitrogens with zero attached hydrogens (tertiary/aromatic N) is 5. The van der Waals surface area contributed by atoms with E-state index in [-0.39, 0.29) is 16.5 Å². The number of carbonyl (C=O) groups is 1. The molecular weight excluding hydrogens is 442 g/mol. The molecule has 1 fully saturated rings. The molecule has 170 valence electrons. The molecule has 5 rings (SSSR count).